The summed E-state index contributed by atoms with van der Waals surface area (Å²) in [7, 11) is -4.00. The number of benzene rings is 1. The van der Waals surface area contributed by atoms with Gasteiger partial charge in [-0.1, -0.05) is 39.3 Å². The summed E-state index contributed by atoms with van der Waals surface area (Å²) >= 11 is 6.26. The second kappa shape index (κ2) is 7.87. The number of nitrogens with one attached hydrogen (secondary N) is 1. The van der Waals surface area contributed by atoms with Crippen LogP contribution in [0.25, 0.3) is 0 Å². The van der Waals surface area contributed by atoms with E-state index in [9.17, 15) is 13.2 Å². The van der Waals surface area contributed by atoms with Gasteiger partial charge in [0.1, 0.15) is 0 Å². The highest BCUT2D eigenvalue weighted by Gasteiger charge is 2.28. The molecule has 6 nitrogen and oxygen atoms in total. The number of carbonyl (C=O) groups excluding carboxylic acids is 1. The van der Waals surface area contributed by atoms with Gasteiger partial charge in [0, 0.05) is 11.2 Å². The molecule has 1 fully saturated rings. The van der Waals surface area contributed by atoms with Crippen molar-refractivity contribution >= 4 is 27.5 Å². The number of sulfonamides is 1. The van der Waals surface area contributed by atoms with Crippen molar-refractivity contribution in [3.63, 3.8) is 0 Å². The average Bonchev–Trinajstić information content (AvgIpc) is 3.31. The smallest absolute Gasteiger partial charge is 0.274 e. The fourth-order valence-corrected chi connectivity index (χ4v) is 4.47. The minimum atomic E-state index is -4.00. The van der Waals surface area contributed by atoms with E-state index in [0.717, 1.165) is 29.5 Å². The molecule has 0 spiro atoms. The monoisotopic (exact) mass is 423 g/mol. The number of carbonyl (C=O) groups is 1. The van der Waals surface area contributed by atoms with Crippen LogP contribution in [0.2, 0.25) is 5.02 Å². The Labute approximate surface area is 171 Å². The molecule has 152 valence electrons. The van der Waals surface area contributed by atoms with Crippen LogP contribution in [0.1, 0.15) is 75.1 Å². The molecule has 1 aromatic carbocycles. The van der Waals surface area contributed by atoms with Gasteiger partial charge in [0.05, 0.1) is 12.5 Å². The van der Waals surface area contributed by atoms with Crippen molar-refractivity contribution in [2.75, 3.05) is 0 Å². The van der Waals surface area contributed by atoms with Crippen LogP contribution in [0.4, 0.5) is 0 Å². The van der Waals surface area contributed by atoms with Gasteiger partial charge in [0.25, 0.3) is 10.0 Å². The zero-order chi connectivity index (χ0) is 20.6. The Bertz CT molecular complexity index is 963. The number of rotatable bonds is 7. The molecule has 1 aliphatic carbocycles. The Balaban J connectivity index is 1.84. The molecule has 0 atom stereocenters. The Hall–Kier alpha value is -1.86. The second-order valence-electron chi connectivity index (χ2n) is 7.94. The third kappa shape index (κ3) is 4.58. The van der Waals surface area contributed by atoms with Crippen molar-refractivity contribution in [2.45, 2.75) is 69.9 Å². The second-order valence-corrected chi connectivity index (χ2v) is 10.0. The van der Waals surface area contributed by atoms with Crippen LogP contribution < -0.4 is 4.72 Å². The normalized spacial score (nSPS) is 14.7. The Morgan fingerprint density at radius 1 is 1.21 bits per heavy atom. The summed E-state index contributed by atoms with van der Waals surface area (Å²) in [6.07, 6.45) is 3.62. The average molecular weight is 424 g/mol. The van der Waals surface area contributed by atoms with E-state index in [1.54, 1.807) is 10.9 Å². The van der Waals surface area contributed by atoms with E-state index in [-0.39, 0.29) is 29.3 Å². The highest BCUT2D eigenvalue weighted by Crippen LogP contribution is 2.34. The van der Waals surface area contributed by atoms with Gasteiger partial charge in [0.15, 0.2) is 5.03 Å². The summed E-state index contributed by atoms with van der Waals surface area (Å²) in [4.78, 5) is 12.6. The van der Waals surface area contributed by atoms with Crippen molar-refractivity contribution < 1.29 is 13.2 Å². The van der Waals surface area contributed by atoms with Gasteiger partial charge >= 0.3 is 0 Å². The minimum Gasteiger partial charge on any atom is -0.274 e. The lowest BCUT2D eigenvalue weighted by molar-refractivity contribution is -0.118. The van der Waals surface area contributed by atoms with Crippen molar-refractivity contribution in [3.05, 3.63) is 46.1 Å². The molecular weight excluding hydrogens is 398 g/mol. The molecule has 3 rings (SSSR count). The maximum Gasteiger partial charge on any atom is 0.283 e. The summed E-state index contributed by atoms with van der Waals surface area (Å²) in [5, 5.41) is 4.60. The first kappa shape index (κ1) is 20.9. The predicted octanol–water partition coefficient (Wildman–Crippen LogP) is 4.17. The molecule has 2 aromatic rings. The number of hydrogen-bond donors (Lipinski definition) is 1. The number of nitrogens with zero attached hydrogens (tertiary/aromatic N) is 2. The fraction of sp³-hybridized carbons (Fsp3) is 0.500. The van der Waals surface area contributed by atoms with Crippen LogP contribution in [0.3, 0.4) is 0 Å². The van der Waals surface area contributed by atoms with Crippen LogP contribution in [0.5, 0.6) is 0 Å². The molecule has 1 saturated carbocycles. The van der Waals surface area contributed by atoms with E-state index >= 15 is 0 Å². The van der Waals surface area contributed by atoms with E-state index < -0.39 is 15.9 Å². The van der Waals surface area contributed by atoms with Crippen LogP contribution in [-0.2, 0) is 21.2 Å². The van der Waals surface area contributed by atoms with Crippen molar-refractivity contribution in [3.8, 4) is 0 Å². The summed E-state index contributed by atoms with van der Waals surface area (Å²) in [6, 6.07) is 5.41. The molecule has 1 aliphatic rings. The van der Waals surface area contributed by atoms with E-state index in [1.807, 2.05) is 39.8 Å². The van der Waals surface area contributed by atoms with Gasteiger partial charge < -0.3 is 0 Å². The van der Waals surface area contributed by atoms with Gasteiger partial charge in [-0.3, -0.25) is 9.48 Å². The molecule has 0 aliphatic heterocycles. The fourth-order valence-electron chi connectivity index (χ4n) is 3.32. The molecule has 0 saturated heterocycles. The van der Waals surface area contributed by atoms with Gasteiger partial charge in [0.2, 0.25) is 5.91 Å². The molecule has 0 unspecified atom stereocenters. The molecule has 1 aromatic heterocycles. The van der Waals surface area contributed by atoms with E-state index in [0.29, 0.717) is 5.02 Å². The Morgan fingerprint density at radius 3 is 2.29 bits per heavy atom. The first-order valence-corrected chi connectivity index (χ1v) is 11.4. The molecule has 0 radical (unpaired) electrons. The zero-order valence-corrected chi connectivity index (χ0v) is 18.1. The summed E-state index contributed by atoms with van der Waals surface area (Å²) in [5.41, 5.74) is 2.76. The standard InChI is InChI=1S/C20H26ClN3O3S/c1-12(2)16-9-14(21)10-17(13(3)4)18(16)11-19(25)23-28(26,27)20-7-8-24(22-20)15-5-6-15/h7-10,12-13,15H,5-6,11H2,1-4H3,(H,23,25). The number of halogens is 1. The first-order valence-electron chi connectivity index (χ1n) is 9.51. The van der Waals surface area contributed by atoms with Crippen molar-refractivity contribution in [2.24, 2.45) is 0 Å². The highest BCUT2D eigenvalue weighted by molar-refractivity contribution is 7.90. The van der Waals surface area contributed by atoms with Gasteiger partial charge in [-0.2, -0.15) is 13.5 Å². The Morgan fingerprint density at radius 2 is 1.79 bits per heavy atom. The highest BCUT2D eigenvalue weighted by atomic mass is 35.5. The number of hydrogen-bond acceptors (Lipinski definition) is 4. The van der Waals surface area contributed by atoms with Crippen LogP contribution in [-0.4, -0.2) is 24.1 Å². The van der Waals surface area contributed by atoms with E-state index in [1.165, 1.54) is 6.07 Å². The SMILES string of the molecule is CC(C)c1cc(Cl)cc(C(C)C)c1CC(=O)NS(=O)(=O)c1ccn(C2CC2)n1. The summed E-state index contributed by atoms with van der Waals surface area (Å²) < 4.78 is 28.9. The third-order valence-electron chi connectivity index (χ3n) is 4.89. The summed E-state index contributed by atoms with van der Waals surface area (Å²) in [6.45, 7) is 8.10. The minimum absolute atomic E-state index is 0.0270. The van der Waals surface area contributed by atoms with Crippen LogP contribution in [0.15, 0.2) is 29.4 Å². The quantitative estimate of drug-likeness (QED) is 0.724. The molecule has 0 bridgehead atoms. The van der Waals surface area contributed by atoms with E-state index in [4.69, 9.17) is 11.6 Å². The topological polar surface area (TPSA) is 81.1 Å². The van der Waals surface area contributed by atoms with Gasteiger partial charge in [-0.25, -0.2) is 4.72 Å². The predicted molar refractivity (Wildman–Crippen MR) is 109 cm³/mol. The number of amides is 1. The lowest BCUT2D eigenvalue weighted by Gasteiger charge is -2.20. The lowest BCUT2D eigenvalue weighted by atomic mass is 9.87. The third-order valence-corrected chi connectivity index (χ3v) is 6.38. The van der Waals surface area contributed by atoms with Crippen molar-refractivity contribution in [1.82, 2.24) is 14.5 Å². The van der Waals surface area contributed by atoms with Crippen molar-refractivity contribution in [1.29, 1.82) is 0 Å². The van der Waals surface area contributed by atoms with Gasteiger partial charge in [-0.15, -0.1) is 0 Å². The lowest BCUT2D eigenvalue weighted by Crippen LogP contribution is -2.32. The zero-order valence-electron chi connectivity index (χ0n) is 16.6. The van der Waals surface area contributed by atoms with E-state index in [2.05, 4.69) is 9.82 Å². The number of aromatic nitrogens is 2. The molecular formula is C20H26ClN3O3S. The molecule has 28 heavy (non-hydrogen) atoms. The molecule has 1 heterocycles. The maximum atomic E-state index is 12.6. The maximum absolute atomic E-state index is 12.6. The van der Waals surface area contributed by atoms with Gasteiger partial charge in [-0.05, 0) is 59.6 Å². The van der Waals surface area contributed by atoms with Crippen LogP contribution in [0, 0.1) is 0 Å². The van der Waals surface area contributed by atoms with Crippen LogP contribution >= 0.6 is 11.6 Å². The molecule has 1 N–H and O–H groups in total. The molecule has 8 heteroatoms. The Kier molecular flexibility index (Phi) is 5.87. The summed E-state index contributed by atoms with van der Waals surface area (Å²) in [5.74, 6) is -0.262. The largest absolute Gasteiger partial charge is 0.283 e. The molecule has 1 amide bonds. The first-order chi connectivity index (χ1) is 13.1.